The number of amides is 1. The van der Waals surface area contributed by atoms with Gasteiger partial charge < -0.3 is 10.2 Å². The standard InChI is InChI=1S/C20H27N5O3S2/c26-19(16-23-8-4-9-24(13-12-23)20-21-7-14-29-20)22-17-5-3-6-18(15-17)30(27,28)25-10-1-2-11-25/h3,5-7,14-15H,1-2,4,8-13,16H2,(H,22,26). The van der Waals surface area contributed by atoms with Gasteiger partial charge in [0.25, 0.3) is 0 Å². The van der Waals surface area contributed by atoms with E-state index in [0.717, 1.165) is 50.6 Å². The molecular weight excluding hydrogens is 422 g/mol. The number of rotatable bonds is 6. The summed E-state index contributed by atoms with van der Waals surface area (Å²) in [5.41, 5.74) is 0.513. The van der Waals surface area contributed by atoms with Crippen LogP contribution >= 0.6 is 11.3 Å². The van der Waals surface area contributed by atoms with Crippen molar-refractivity contribution in [3.8, 4) is 0 Å². The molecule has 0 radical (unpaired) electrons. The van der Waals surface area contributed by atoms with E-state index in [0.29, 0.717) is 18.8 Å². The molecule has 2 fully saturated rings. The number of anilines is 2. The number of carbonyl (C=O) groups excluding carboxylic acids is 1. The summed E-state index contributed by atoms with van der Waals surface area (Å²) in [5, 5.41) is 5.86. The molecule has 2 aromatic rings. The minimum atomic E-state index is -3.50. The van der Waals surface area contributed by atoms with Crippen LogP contribution in [0.15, 0.2) is 40.7 Å². The van der Waals surface area contributed by atoms with Crippen molar-refractivity contribution in [3.63, 3.8) is 0 Å². The highest BCUT2D eigenvalue weighted by atomic mass is 32.2. The van der Waals surface area contributed by atoms with Crippen LogP contribution in [0.3, 0.4) is 0 Å². The largest absolute Gasteiger partial charge is 0.347 e. The molecule has 30 heavy (non-hydrogen) atoms. The van der Waals surface area contributed by atoms with Crippen molar-refractivity contribution in [3.05, 3.63) is 35.8 Å². The Morgan fingerprint density at radius 1 is 1.07 bits per heavy atom. The van der Waals surface area contributed by atoms with E-state index in [9.17, 15) is 13.2 Å². The van der Waals surface area contributed by atoms with Crippen LogP contribution in [-0.4, -0.2) is 74.3 Å². The van der Waals surface area contributed by atoms with Gasteiger partial charge in [0.2, 0.25) is 15.9 Å². The first-order chi connectivity index (χ1) is 14.5. The predicted octanol–water partition coefficient (Wildman–Crippen LogP) is 2.08. The third-order valence-corrected chi connectivity index (χ3v) is 8.19. The molecule has 0 bridgehead atoms. The summed E-state index contributed by atoms with van der Waals surface area (Å²) in [6.07, 6.45) is 4.57. The topological polar surface area (TPSA) is 85.9 Å². The van der Waals surface area contributed by atoms with Crippen LogP contribution in [0.1, 0.15) is 19.3 Å². The maximum absolute atomic E-state index is 12.8. The second-order valence-electron chi connectivity index (χ2n) is 7.62. The number of carbonyl (C=O) groups is 1. The van der Waals surface area contributed by atoms with Crippen molar-refractivity contribution in [1.29, 1.82) is 0 Å². The first-order valence-electron chi connectivity index (χ1n) is 10.3. The lowest BCUT2D eigenvalue weighted by atomic mass is 10.3. The lowest BCUT2D eigenvalue weighted by molar-refractivity contribution is -0.117. The van der Waals surface area contributed by atoms with Crippen molar-refractivity contribution in [2.24, 2.45) is 0 Å². The highest BCUT2D eigenvalue weighted by Crippen LogP contribution is 2.23. The van der Waals surface area contributed by atoms with Crippen molar-refractivity contribution in [2.45, 2.75) is 24.2 Å². The highest BCUT2D eigenvalue weighted by molar-refractivity contribution is 7.89. The predicted molar refractivity (Wildman–Crippen MR) is 118 cm³/mol. The molecule has 162 valence electrons. The number of nitrogens with one attached hydrogen (secondary N) is 1. The molecule has 1 aromatic heterocycles. The Hall–Kier alpha value is -2.01. The monoisotopic (exact) mass is 449 g/mol. The normalized spacial score (nSPS) is 19.0. The molecule has 0 saturated carbocycles. The van der Waals surface area contributed by atoms with E-state index >= 15 is 0 Å². The Kier molecular flexibility index (Phi) is 6.67. The van der Waals surface area contributed by atoms with Gasteiger partial charge in [0.05, 0.1) is 11.4 Å². The molecule has 1 N–H and O–H groups in total. The second kappa shape index (κ2) is 9.42. The molecule has 2 saturated heterocycles. The number of sulfonamides is 1. The molecule has 0 atom stereocenters. The third kappa shape index (κ3) is 5.00. The lowest BCUT2D eigenvalue weighted by Crippen LogP contribution is -2.36. The fourth-order valence-corrected chi connectivity index (χ4v) is 6.17. The number of benzene rings is 1. The molecule has 10 heteroatoms. The van der Waals surface area contributed by atoms with Gasteiger partial charge in [0.1, 0.15) is 0 Å². The molecule has 0 unspecified atom stereocenters. The Balaban J connectivity index is 1.34. The summed E-state index contributed by atoms with van der Waals surface area (Å²) >= 11 is 1.63. The molecule has 0 spiro atoms. The van der Waals surface area contributed by atoms with Crippen molar-refractivity contribution in [2.75, 3.05) is 56.0 Å². The van der Waals surface area contributed by atoms with Crippen molar-refractivity contribution >= 4 is 38.1 Å². The molecule has 4 rings (SSSR count). The number of nitrogens with zero attached hydrogens (tertiary/aromatic N) is 4. The Morgan fingerprint density at radius 2 is 1.90 bits per heavy atom. The molecule has 3 heterocycles. The molecule has 1 amide bonds. The molecule has 2 aliphatic heterocycles. The Bertz CT molecular complexity index is 959. The number of aromatic nitrogens is 1. The quantitative estimate of drug-likeness (QED) is 0.727. The molecule has 2 aliphatic rings. The van der Waals surface area contributed by atoms with Gasteiger partial charge in [-0.05, 0) is 37.5 Å². The second-order valence-corrected chi connectivity index (χ2v) is 10.4. The summed E-state index contributed by atoms with van der Waals surface area (Å²) in [4.78, 5) is 21.6. The van der Waals surface area contributed by atoms with E-state index in [1.165, 1.54) is 4.31 Å². The van der Waals surface area contributed by atoms with E-state index in [2.05, 4.69) is 20.1 Å². The fourth-order valence-electron chi connectivity index (χ4n) is 3.91. The maximum Gasteiger partial charge on any atom is 0.243 e. The molecule has 1 aromatic carbocycles. The zero-order valence-corrected chi connectivity index (χ0v) is 18.5. The van der Waals surface area contributed by atoms with E-state index in [4.69, 9.17) is 0 Å². The van der Waals surface area contributed by atoms with Crippen molar-refractivity contribution in [1.82, 2.24) is 14.2 Å². The van der Waals surface area contributed by atoms with Crippen LogP contribution < -0.4 is 10.2 Å². The van der Waals surface area contributed by atoms with Gasteiger partial charge in [-0.15, -0.1) is 11.3 Å². The SMILES string of the molecule is O=C(CN1CCCN(c2nccs2)CC1)Nc1cccc(S(=O)(=O)N2CCCC2)c1. The van der Waals surface area contributed by atoms with Gasteiger partial charge in [0, 0.05) is 56.5 Å². The smallest absolute Gasteiger partial charge is 0.243 e. The van der Waals surface area contributed by atoms with E-state index in [-0.39, 0.29) is 17.3 Å². The summed E-state index contributed by atoms with van der Waals surface area (Å²) in [5.74, 6) is -0.131. The van der Waals surface area contributed by atoms with Crippen LogP contribution in [-0.2, 0) is 14.8 Å². The number of hydrogen-bond acceptors (Lipinski definition) is 7. The number of hydrogen-bond donors (Lipinski definition) is 1. The van der Waals surface area contributed by atoms with Crippen LogP contribution in [0, 0.1) is 0 Å². The Labute approximate surface area is 181 Å². The van der Waals surface area contributed by atoms with E-state index < -0.39 is 10.0 Å². The summed E-state index contributed by atoms with van der Waals surface area (Å²) in [7, 11) is -3.50. The number of thiazole rings is 1. The Morgan fingerprint density at radius 3 is 2.67 bits per heavy atom. The summed E-state index contributed by atoms with van der Waals surface area (Å²) < 4.78 is 27.0. The van der Waals surface area contributed by atoms with Gasteiger partial charge in [-0.1, -0.05) is 6.07 Å². The van der Waals surface area contributed by atoms with Crippen molar-refractivity contribution < 1.29 is 13.2 Å². The van der Waals surface area contributed by atoms with E-state index in [1.54, 1.807) is 35.6 Å². The van der Waals surface area contributed by atoms with Gasteiger partial charge in [-0.3, -0.25) is 9.69 Å². The first-order valence-corrected chi connectivity index (χ1v) is 12.6. The van der Waals surface area contributed by atoms with Gasteiger partial charge in [-0.2, -0.15) is 4.31 Å². The van der Waals surface area contributed by atoms with Crippen LogP contribution in [0.4, 0.5) is 10.8 Å². The molecule has 8 nitrogen and oxygen atoms in total. The average Bonchev–Trinajstić information content (AvgIpc) is 3.41. The molecule has 0 aliphatic carbocycles. The van der Waals surface area contributed by atoms with Crippen LogP contribution in [0.2, 0.25) is 0 Å². The zero-order chi connectivity index (χ0) is 21.0. The lowest BCUT2D eigenvalue weighted by Gasteiger charge is -2.21. The summed E-state index contributed by atoms with van der Waals surface area (Å²) in [6, 6.07) is 6.55. The average molecular weight is 450 g/mol. The fraction of sp³-hybridized carbons (Fsp3) is 0.500. The van der Waals surface area contributed by atoms with Gasteiger partial charge in [0.15, 0.2) is 5.13 Å². The van der Waals surface area contributed by atoms with Crippen LogP contribution in [0.5, 0.6) is 0 Å². The highest BCUT2D eigenvalue weighted by Gasteiger charge is 2.27. The zero-order valence-electron chi connectivity index (χ0n) is 16.9. The minimum absolute atomic E-state index is 0.131. The molecular formula is C20H27N5O3S2. The first kappa shape index (κ1) is 21.2. The van der Waals surface area contributed by atoms with Gasteiger partial charge >= 0.3 is 0 Å². The van der Waals surface area contributed by atoms with Crippen LogP contribution in [0.25, 0.3) is 0 Å². The maximum atomic E-state index is 12.8. The van der Waals surface area contributed by atoms with Gasteiger partial charge in [-0.25, -0.2) is 13.4 Å². The minimum Gasteiger partial charge on any atom is -0.347 e. The van der Waals surface area contributed by atoms with E-state index in [1.807, 2.05) is 11.6 Å². The summed E-state index contributed by atoms with van der Waals surface area (Å²) in [6.45, 7) is 4.81. The third-order valence-electron chi connectivity index (χ3n) is 5.47.